The molecule has 0 bridgehead atoms. The van der Waals surface area contributed by atoms with Crippen LogP contribution in [0.4, 0.5) is 5.82 Å². The van der Waals surface area contributed by atoms with Crippen molar-refractivity contribution in [2.45, 2.75) is 31.4 Å². The average molecular weight is 266 g/mol. The van der Waals surface area contributed by atoms with Crippen LogP contribution in [0.3, 0.4) is 0 Å². The molecule has 1 saturated heterocycles. The Morgan fingerprint density at radius 1 is 1.39 bits per heavy atom. The van der Waals surface area contributed by atoms with Crippen molar-refractivity contribution in [2.24, 2.45) is 5.73 Å². The van der Waals surface area contributed by atoms with Gasteiger partial charge in [-0.25, -0.2) is 4.98 Å². The number of piperidine rings is 1. The van der Waals surface area contributed by atoms with E-state index in [0.29, 0.717) is 0 Å². The van der Waals surface area contributed by atoms with Gasteiger partial charge in [-0.1, -0.05) is 0 Å². The fourth-order valence-corrected chi connectivity index (χ4v) is 3.20. The van der Waals surface area contributed by atoms with Crippen LogP contribution in [0.5, 0.6) is 0 Å². The predicted octanol–water partition coefficient (Wildman–Crippen LogP) is 1.75. The molecule has 100 valence electrons. The van der Waals surface area contributed by atoms with Crippen molar-refractivity contribution in [1.82, 2.24) is 9.97 Å². The molecule has 2 rings (SSSR count). The predicted molar refractivity (Wildman–Crippen MR) is 78.3 cm³/mol. The quantitative estimate of drug-likeness (QED) is 0.903. The van der Waals surface area contributed by atoms with Gasteiger partial charge < -0.3 is 10.6 Å². The molecule has 1 aromatic heterocycles. The van der Waals surface area contributed by atoms with Crippen molar-refractivity contribution >= 4 is 17.6 Å². The summed E-state index contributed by atoms with van der Waals surface area (Å²) in [5.74, 6) is 1.04. The summed E-state index contributed by atoms with van der Waals surface area (Å²) >= 11 is 1.91. The maximum absolute atomic E-state index is 5.92. The Balaban J connectivity index is 2.12. The molecule has 0 unspecified atom stereocenters. The minimum Gasteiger partial charge on any atom is -0.355 e. The third-order valence-electron chi connectivity index (χ3n) is 3.83. The minimum absolute atomic E-state index is 0.266. The molecule has 2 heterocycles. The van der Waals surface area contributed by atoms with E-state index in [1.54, 1.807) is 0 Å². The molecular formula is C13H22N4S. The highest BCUT2D eigenvalue weighted by molar-refractivity contribution is 8.00. The SMILES string of the molecule is CSC1(CN)CCN(c2nc(C)cnc2C)CC1. The number of hydrogen-bond acceptors (Lipinski definition) is 5. The van der Waals surface area contributed by atoms with Crippen molar-refractivity contribution in [1.29, 1.82) is 0 Å². The zero-order valence-electron chi connectivity index (χ0n) is 11.4. The van der Waals surface area contributed by atoms with Crippen LogP contribution in [-0.2, 0) is 0 Å². The summed E-state index contributed by atoms with van der Waals surface area (Å²) in [5, 5.41) is 0. The van der Waals surface area contributed by atoms with Gasteiger partial charge in [0, 0.05) is 30.6 Å². The van der Waals surface area contributed by atoms with Gasteiger partial charge >= 0.3 is 0 Å². The zero-order chi connectivity index (χ0) is 13.2. The first-order valence-electron chi connectivity index (χ1n) is 6.41. The number of thioether (sulfide) groups is 1. The van der Waals surface area contributed by atoms with Crippen LogP contribution in [0.15, 0.2) is 6.20 Å². The van der Waals surface area contributed by atoms with Crippen molar-refractivity contribution in [3.8, 4) is 0 Å². The lowest BCUT2D eigenvalue weighted by molar-refractivity contribution is 0.454. The standard InChI is InChI=1S/C13H22N4S/c1-10-8-15-11(2)12(16-10)17-6-4-13(9-14,18-3)5-7-17/h8H,4-7,9,14H2,1-3H3. The first-order chi connectivity index (χ1) is 8.60. The maximum atomic E-state index is 5.92. The largest absolute Gasteiger partial charge is 0.355 e. The summed E-state index contributed by atoms with van der Waals surface area (Å²) in [6.45, 7) is 6.83. The van der Waals surface area contributed by atoms with Crippen LogP contribution in [0, 0.1) is 13.8 Å². The van der Waals surface area contributed by atoms with E-state index >= 15 is 0 Å². The molecule has 18 heavy (non-hydrogen) atoms. The molecular weight excluding hydrogens is 244 g/mol. The second-order valence-corrected chi connectivity index (χ2v) is 6.27. The van der Waals surface area contributed by atoms with E-state index < -0.39 is 0 Å². The van der Waals surface area contributed by atoms with Crippen LogP contribution < -0.4 is 10.6 Å². The number of nitrogens with two attached hydrogens (primary N) is 1. The lowest BCUT2D eigenvalue weighted by Crippen LogP contribution is -2.47. The number of rotatable bonds is 3. The molecule has 2 N–H and O–H groups in total. The highest BCUT2D eigenvalue weighted by Crippen LogP contribution is 2.35. The third-order valence-corrected chi connectivity index (χ3v) is 5.27. The Bertz CT molecular complexity index is 407. The molecule has 0 aliphatic carbocycles. The van der Waals surface area contributed by atoms with E-state index in [0.717, 1.165) is 49.7 Å². The number of hydrogen-bond donors (Lipinski definition) is 1. The van der Waals surface area contributed by atoms with Gasteiger partial charge in [0.25, 0.3) is 0 Å². The van der Waals surface area contributed by atoms with Crippen molar-refractivity contribution in [2.75, 3.05) is 30.8 Å². The second-order valence-electron chi connectivity index (χ2n) is 5.00. The van der Waals surface area contributed by atoms with Crippen LogP contribution >= 0.6 is 11.8 Å². The molecule has 0 spiro atoms. The summed E-state index contributed by atoms with van der Waals surface area (Å²) < 4.78 is 0.266. The summed E-state index contributed by atoms with van der Waals surface area (Å²) in [4.78, 5) is 11.4. The fourth-order valence-electron chi connectivity index (χ4n) is 2.44. The van der Waals surface area contributed by atoms with E-state index in [4.69, 9.17) is 5.73 Å². The summed E-state index contributed by atoms with van der Waals surface area (Å²) in [6, 6.07) is 0. The highest BCUT2D eigenvalue weighted by atomic mass is 32.2. The molecule has 0 amide bonds. The van der Waals surface area contributed by atoms with Crippen molar-refractivity contribution in [3.63, 3.8) is 0 Å². The Kier molecular flexibility index (Phi) is 4.12. The van der Waals surface area contributed by atoms with Gasteiger partial charge in [0.1, 0.15) is 5.82 Å². The minimum atomic E-state index is 0.266. The molecule has 0 saturated carbocycles. The summed E-state index contributed by atoms with van der Waals surface area (Å²) in [6.07, 6.45) is 6.24. The summed E-state index contributed by atoms with van der Waals surface area (Å²) in [7, 11) is 0. The molecule has 1 aromatic rings. The number of anilines is 1. The first-order valence-corrected chi connectivity index (χ1v) is 7.63. The maximum Gasteiger partial charge on any atom is 0.150 e. The topological polar surface area (TPSA) is 55.0 Å². The van der Waals surface area contributed by atoms with E-state index in [1.807, 2.05) is 31.8 Å². The van der Waals surface area contributed by atoms with Crippen LogP contribution in [-0.4, -0.2) is 40.6 Å². The Morgan fingerprint density at radius 3 is 2.61 bits per heavy atom. The van der Waals surface area contributed by atoms with Crippen LogP contribution in [0.1, 0.15) is 24.2 Å². The molecule has 5 heteroatoms. The Morgan fingerprint density at radius 2 is 2.06 bits per heavy atom. The van der Waals surface area contributed by atoms with Crippen LogP contribution in [0.25, 0.3) is 0 Å². The van der Waals surface area contributed by atoms with Gasteiger partial charge in [-0.2, -0.15) is 11.8 Å². The molecule has 1 aliphatic rings. The molecule has 0 atom stereocenters. The van der Waals surface area contributed by atoms with Crippen LogP contribution in [0.2, 0.25) is 0 Å². The number of aromatic nitrogens is 2. The number of aryl methyl sites for hydroxylation is 2. The van der Waals surface area contributed by atoms with Gasteiger partial charge in [0.05, 0.1) is 11.4 Å². The monoisotopic (exact) mass is 266 g/mol. The van der Waals surface area contributed by atoms with Gasteiger partial charge in [-0.05, 0) is 32.9 Å². The third kappa shape index (κ3) is 2.62. The summed E-state index contributed by atoms with van der Waals surface area (Å²) in [5.41, 5.74) is 7.92. The van der Waals surface area contributed by atoms with E-state index in [-0.39, 0.29) is 4.75 Å². The lowest BCUT2D eigenvalue weighted by Gasteiger charge is -2.40. The van der Waals surface area contributed by atoms with Gasteiger partial charge in [-0.3, -0.25) is 4.98 Å². The molecule has 1 fully saturated rings. The first kappa shape index (κ1) is 13.6. The molecule has 0 radical (unpaired) electrons. The smallest absolute Gasteiger partial charge is 0.150 e. The number of nitrogens with zero attached hydrogens (tertiary/aromatic N) is 3. The Hall–Kier alpha value is -0.810. The van der Waals surface area contributed by atoms with Crippen molar-refractivity contribution < 1.29 is 0 Å². The molecule has 4 nitrogen and oxygen atoms in total. The van der Waals surface area contributed by atoms with E-state index in [2.05, 4.69) is 21.1 Å². The fraction of sp³-hybridized carbons (Fsp3) is 0.692. The lowest BCUT2D eigenvalue weighted by atomic mass is 9.95. The van der Waals surface area contributed by atoms with E-state index in [9.17, 15) is 0 Å². The second kappa shape index (κ2) is 5.45. The average Bonchev–Trinajstić information content (AvgIpc) is 2.42. The highest BCUT2D eigenvalue weighted by Gasteiger charge is 2.33. The molecule has 0 aromatic carbocycles. The van der Waals surface area contributed by atoms with Crippen molar-refractivity contribution in [3.05, 3.63) is 17.6 Å². The molecule has 1 aliphatic heterocycles. The normalized spacial score (nSPS) is 19.0. The van der Waals surface area contributed by atoms with Gasteiger partial charge in [-0.15, -0.1) is 0 Å². The zero-order valence-corrected chi connectivity index (χ0v) is 12.3. The van der Waals surface area contributed by atoms with Gasteiger partial charge in [0.2, 0.25) is 0 Å². The van der Waals surface area contributed by atoms with E-state index in [1.165, 1.54) is 0 Å². The van der Waals surface area contributed by atoms with Gasteiger partial charge in [0.15, 0.2) is 0 Å². The Labute approximate surface area is 113 Å².